The van der Waals surface area contributed by atoms with Crippen molar-refractivity contribution in [3.63, 3.8) is 0 Å². The molecule has 8 aromatic rings. The smallest absolute Gasteiger partial charge is 0.347 e. The van der Waals surface area contributed by atoms with Crippen molar-refractivity contribution < 1.29 is 119 Å². The molecule has 0 bridgehead atoms. The number of carbonyl (C=O) groups excluding carboxylic acids is 10. The Balaban J connectivity index is 1.07. The number of hydrogen-bond acceptors (Lipinski definition) is 25. The van der Waals surface area contributed by atoms with E-state index < -0.39 is 59.7 Å². The second kappa shape index (κ2) is 56.0. The van der Waals surface area contributed by atoms with Gasteiger partial charge < -0.3 is 71.1 Å². The number of benzene rings is 8. The summed E-state index contributed by atoms with van der Waals surface area (Å²) < 4.78 is 86.1. The molecule has 0 spiro atoms. The summed E-state index contributed by atoms with van der Waals surface area (Å²) in [5.41, 5.74) is 0.322. The van der Waals surface area contributed by atoms with Crippen molar-refractivity contribution >= 4 is 59.7 Å². The van der Waals surface area contributed by atoms with Crippen LogP contribution in [0.4, 0.5) is 0 Å². The lowest BCUT2D eigenvalue weighted by Crippen LogP contribution is -2.17. The maximum Gasteiger partial charge on any atom is 0.347 e. The summed E-state index contributed by atoms with van der Waals surface area (Å²) in [5, 5.41) is 0. The zero-order valence-electron chi connectivity index (χ0n) is 72.1. The highest BCUT2D eigenvalue weighted by Crippen LogP contribution is 2.35. The molecule has 0 atom stereocenters. The molecule has 0 N–H and O–H groups in total. The number of rotatable bonds is 57. The van der Waals surface area contributed by atoms with E-state index in [-0.39, 0.29) is 92.2 Å². The van der Waals surface area contributed by atoms with Crippen LogP contribution in [0, 0.1) is 18.8 Å². The molecule has 8 aromatic carbocycles. The quantitative estimate of drug-likeness (QED) is 0.00853. The van der Waals surface area contributed by atoms with Gasteiger partial charge in [-0.05, 0) is 285 Å². The van der Waals surface area contributed by atoms with Gasteiger partial charge in [-0.2, -0.15) is 0 Å². The summed E-state index contributed by atoms with van der Waals surface area (Å²) in [6.45, 7) is 20.6. The number of esters is 10. The summed E-state index contributed by atoms with van der Waals surface area (Å²) in [6, 6.07) is 42.2. The van der Waals surface area contributed by atoms with Gasteiger partial charge in [-0.25, -0.2) is 47.9 Å². The highest BCUT2D eigenvalue weighted by atomic mass is 16.6. The first-order chi connectivity index (χ1) is 61.8. The highest BCUT2D eigenvalue weighted by Gasteiger charge is 2.27. The molecular weight excluding hydrogens is 1630 g/mol. The second-order valence-electron chi connectivity index (χ2n) is 29.1. The summed E-state index contributed by atoms with van der Waals surface area (Å²) in [5.74, 6) is 0.00897. The third-order valence-corrected chi connectivity index (χ3v) is 19.3. The Labute approximate surface area is 741 Å². The Morgan fingerprint density at radius 3 is 0.827 bits per heavy atom. The molecule has 0 radical (unpaired) electrons. The van der Waals surface area contributed by atoms with Gasteiger partial charge in [-0.15, -0.1) is 0 Å². The Hall–Kier alpha value is -14.0. The van der Waals surface area contributed by atoms with Crippen LogP contribution in [0.5, 0.6) is 63.2 Å². The van der Waals surface area contributed by atoms with Crippen LogP contribution in [0.15, 0.2) is 220 Å². The second-order valence-corrected chi connectivity index (χ2v) is 29.1. The molecule has 0 aromatic heterocycles. The standard InChI is InChI=1S/C102H110O25/c1-7-12-13-14-15-16-25-60-113-80-46-35-74(36-47-80)34-37-79-70-91(126-101(111)87-71-85(122-97(107)75-38-48-81(49-39-75)114-61-26-17-21-30-65-118-93(103)8-2)56-58-89(87)124-99(109)77-42-52-83(53-43-77)116-63-28-19-23-32-67-120-95(105)10-4)73(6)69-92(79)127-102(112)88-72-86(123-98(108)76-40-50-82(51-41-76)115-62-27-18-22-31-66-119-94(104)9-3)57-59-90(88)125-100(110)78-44-54-84(55-45-78)117-64-29-20-24-33-68-121-96(106)11-5/h8-11,35-36,38-59,69-72H,2-5,7,12-33,60-68H2,1,6H3. The molecule has 0 aliphatic carbocycles. The summed E-state index contributed by atoms with van der Waals surface area (Å²) in [6.07, 6.45) is 24.4. The zero-order valence-corrected chi connectivity index (χ0v) is 72.1. The predicted molar refractivity (Wildman–Crippen MR) is 476 cm³/mol. The summed E-state index contributed by atoms with van der Waals surface area (Å²) in [4.78, 5) is 132. The van der Waals surface area contributed by atoms with Crippen LogP contribution in [0.1, 0.15) is 233 Å². The van der Waals surface area contributed by atoms with E-state index in [9.17, 15) is 38.4 Å². The van der Waals surface area contributed by atoms with E-state index in [1.54, 1.807) is 79.7 Å². The van der Waals surface area contributed by atoms with Gasteiger partial charge in [-0.3, -0.25) is 0 Å². The van der Waals surface area contributed by atoms with Crippen molar-refractivity contribution in [3.05, 3.63) is 271 Å². The highest BCUT2D eigenvalue weighted by molar-refractivity contribution is 6.00. The first kappa shape index (κ1) is 98.4. The van der Waals surface area contributed by atoms with Crippen molar-refractivity contribution in [3.8, 4) is 75.1 Å². The van der Waals surface area contributed by atoms with Crippen LogP contribution in [-0.4, -0.2) is 119 Å². The van der Waals surface area contributed by atoms with E-state index >= 15 is 9.59 Å². The number of ether oxygens (including phenoxy) is 15. The van der Waals surface area contributed by atoms with Crippen LogP contribution >= 0.6 is 0 Å². The lowest BCUT2D eigenvalue weighted by molar-refractivity contribution is -0.138. The fraction of sp³-hybridized carbons (Fsp3) is 0.333. The zero-order chi connectivity index (χ0) is 90.6. The normalized spacial score (nSPS) is 10.6. The van der Waals surface area contributed by atoms with Crippen molar-refractivity contribution in [1.29, 1.82) is 0 Å². The molecule has 0 aliphatic rings. The molecular formula is C102H110O25. The van der Waals surface area contributed by atoms with Crippen molar-refractivity contribution in [2.24, 2.45) is 0 Å². The molecule has 668 valence electrons. The molecule has 25 nitrogen and oxygen atoms in total. The van der Waals surface area contributed by atoms with Gasteiger partial charge in [0.1, 0.15) is 74.4 Å². The maximum atomic E-state index is 15.2. The fourth-order valence-electron chi connectivity index (χ4n) is 12.2. The average Bonchev–Trinajstić information content (AvgIpc) is 0.803. The SMILES string of the molecule is C=CC(=O)OCCCCCCOc1ccc(C(=O)Oc2ccc(OC(=O)c3ccc(OCCCCCCOC(=O)C=C)cc3)c(C(=O)Oc3cc(C#Cc4ccc(OCCCCCCCCC)cc4)c(OC(=O)c4cc(OC(=O)c5ccc(OCCCCCCOC(=O)C=C)cc5)ccc4OC(=O)c4ccc(OCCCCCCOC(=O)C=C)cc4)cc3C)c2)cc1. The van der Waals surface area contributed by atoms with Crippen LogP contribution in [0.2, 0.25) is 0 Å². The minimum atomic E-state index is -1.13. The largest absolute Gasteiger partial charge is 0.494 e. The molecule has 0 saturated heterocycles. The molecule has 8 rings (SSSR count). The molecule has 25 heteroatoms. The van der Waals surface area contributed by atoms with Crippen LogP contribution in [-0.2, 0) is 38.1 Å². The van der Waals surface area contributed by atoms with Gasteiger partial charge in [-0.1, -0.05) is 83.6 Å². The van der Waals surface area contributed by atoms with Crippen molar-refractivity contribution in [2.75, 3.05) is 59.5 Å². The molecule has 0 aliphatic heterocycles. The van der Waals surface area contributed by atoms with Gasteiger partial charge in [0, 0.05) is 35.9 Å². The lowest BCUT2D eigenvalue weighted by Gasteiger charge is -2.16. The minimum absolute atomic E-state index is 0.0187. The number of unbranched alkanes of at least 4 members (excludes halogenated alkanes) is 18. The number of aryl methyl sites for hydroxylation is 1. The van der Waals surface area contributed by atoms with E-state index in [0.29, 0.717) is 119 Å². The Morgan fingerprint density at radius 2 is 0.520 bits per heavy atom. The van der Waals surface area contributed by atoms with Gasteiger partial charge in [0.15, 0.2) is 0 Å². The van der Waals surface area contributed by atoms with Gasteiger partial charge in [0.2, 0.25) is 0 Å². The Kier molecular flexibility index (Phi) is 43.4. The van der Waals surface area contributed by atoms with E-state index in [1.807, 2.05) is 0 Å². The van der Waals surface area contributed by atoms with E-state index in [2.05, 4.69) is 45.1 Å². The number of hydrogen-bond donors (Lipinski definition) is 0. The predicted octanol–water partition coefficient (Wildman–Crippen LogP) is 20.5. The molecule has 0 amide bonds. The average molecular weight is 1740 g/mol. The summed E-state index contributed by atoms with van der Waals surface area (Å²) in [7, 11) is 0. The molecule has 0 saturated carbocycles. The van der Waals surface area contributed by atoms with E-state index in [1.165, 1.54) is 123 Å². The van der Waals surface area contributed by atoms with Gasteiger partial charge >= 0.3 is 59.7 Å². The fourth-order valence-corrected chi connectivity index (χ4v) is 12.2. The van der Waals surface area contributed by atoms with Gasteiger partial charge in [0.25, 0.3) is 0 Å². The van der Waals surface area contributed by atoms with Crippen LogP contribution in [0.3, 0.4) is 0 Å². The monoisotopic (exact) mass is 1730 g/mol. The van der Waals surface area contributed by atoms with Gasteiger partial charge in [0.05, 0.1) is 87.3 Å². The van der Waals surface area contributed by atoms with E-state index in [0.717, 1.165) is 108 Å². The molecule has 127 heavy (non-hydrogen) atoms. The Morgan fingerprint density at radius 1 is 0.260 bits per heavy atom. The van der Waals surface area contributed by atoms with Crippen LogP contribution in [0.25, 0.3) is 0 Å². The third-order valence-electron chi connectivity index (χ3n) is 19.3. The molecule has 0 fully saturated rings. The summed E-state index contributed by atoms with van der Waals surface area (Å²) >= 11 is 0. The molecule has 0 unspecified atom stereocenters. The van der Waals surface area contributed by atoms with Crippen molar-refractivity contribution in [1.82, 2.24) is 0 Å². The Bertz CT molecular complexity index is 5020. The number of carbonyl (C=O) groups is 10. The molecule has 0 heterocycles. The maximum absolute atomic E-state index is 15.2. The third kappa shape index (κ3) is 36.4. The first-order valence-corrected chi connectivity index (χ1v) is 42.9. The van der Waals surface area contributed by atoms with Crippen molar-refractivity contribution in [2.45, 2.75) is 162 Å². The minimum Gasteiger partial charge on any atom is -0.494 e. The lowest BCUT2D eigenvalue weighted by atomic mass is 10.1. The van der Waals surface area contributed by atoms with Crippen LogP contribution < -0.4 is 52.1 Å². The first-order valence-electron chi connectivity index (χ1n) is 42.9. The van der Waals surface area contributed by atoms with E-state index in [4.69, 9.17) is 71.1 Å². The topological polar surface area (TPSA) is 309 Å².